The van der Waals surface area contributed by atoms with Crippen molar-refractivity contribution in [2.75, 3.05) is 47.5 Å². The van der Waals surface area contributed by atoms with Crippen LogP contribution >= 0.6 is 11.6 Å². The number of halogens is 1. The second kappa shape index (κ2) is 16.2. The molecule has 2 fully saturated rings. The number of amidine groups is 2. The summed E-state index contributed by atoms with van der Waals surface area (Å²) in [7, 11) is 4.34. The first-order chi connectivity index (χ1) is 26.5. The molecule has 7 atom stereocenters. The maximum atomic E-state index is 14.0. The zero-order valence-electron chi connectivity index (χ0n) is 31.7. The monoisotopic (exact) mass is 777 g/mol. The number of aliphatic imine (C=N–C) groups is 2. The molecular weight excluding hydrogens is 730 g/mol. The van der Waals surface area contributed by atoms with Gasteiger partial charge < -0.3 is 44.4 Å². The molecule has 1 aromatic heterocycles. The number of rotatable bonds is 11. The van der Waals surface area contributed by atoms with Crippen LogP contribution in [0.5, 0.6) is 0 Å². The molecule has 294 valence electrons. The van der Waals surface area contributed by atoms with Gasteiger partial charge in [-0.3, -0.25) is 24.4 Å². The van der Waals surface area contributed by atoms with Crippen LogP contribution < -0.4 is 21.4 Å². The highest BCUT2D eigenvalue weighted by Gasteiger charge is 2.41. The fraction of sp³-hybridized carbons (Fsp3) is 0.538. The Labute approximate surface area is 323 Å². The topological polar surface area (TPSA) is 176 Å². The van der Waals surface area contributed by atoms with Gasteiger partial charge in [0.1, 0.15) is 28.9 Å². The highest BCUT2D eigenvalue weighted by molar-refractivity contribution is 6.32. The van der Waals surface area contributed by atoms with Gasteiger partial charge in [-0.15, -0.1) is 0 Å². The van der Waals surface area contributed by atoms with E-state index in [2.05, 4.69) is 16.0 Å². The van der Waals surface area contributed by atoms with Crippen molar-refractivity contribution in [1.82, 2.24) is 25.8 Å². The van der Waals surface area contributed by atoms with Crippen molar-refractivity contribution in [3.05, 3.63) is 56.7 Å². The van der Waals surface area contributed by atoms with Crippen molar-refractivity contribution in [2.45, 2.75) is 88.4 Å². The number of likely N-dealkylation sites (tertiary alicyclic amines) is 2. The van der Waals surface area contributed by atoms with Crippen molar-refractivity contribution in [2.24, 2.45) is 9.98 Å². The standard InChI is InChI=1S/C39H48ClN7O8/c1-20(52-3)14-33(48)46-12-6-8-29(46)36-42-19-28(44-36)23-17-32-25(16-26(23)40)35(49)24-15-22(10-11-31(24)55-32)27-18-41-37(43-27)30-9-7-13-47(30)38(50)34(21(2)53-4)45-39(51)54-5/h10-11,15-17,20-21,27-30,34H,6-9,12-14,18-19H2,1-5H3,(H,41,43)(H,42,44)(H,45,51)/t20-,21-,27?,28?,29+,30+,34+/m1/s1. The van der Waals surface area contributed by atoms with Gasteiger partial charge in [0.05, 0.1) is 73.8 Å². The van der Waals surface area contributed by atoms with E-state index in [4.69, 9.17) is 40.2 Å². The minimum atomic E-state index is -0.925. The number of fused-ring (bicyclic) bond motifs is 2. The Morgan fingerprint density at radius 3 is 2.25 bits per heavy atom. The Hall–Kier alpha value is -4.73. The predicted octanol–water partition coefficient (Wildman–Crippen LogP) is 3.85. The molecule has 2 saturated heterocycles. The first kappa shape index (κ1) is 38.5. The predicted molar refractivity (Wildman–Crippen MR) is 208 cm³/mol. The van der Waals surface area contributed by atoms with Gasteiger partial charge in [-0.2, -0.15) is 0 Å². The summed E-state index contributed by atoms with van der Waals surface area (Å²) < 4.78 is 21.8. The van der Waals surface area contributed by atoms with Gasteiger partial charge in [0.2, 0.25) is 17.2 Å². The summed E-state index contributed by atoms with van der Waals surface area (Å²) in [6.45, 7) is 5.66. The van der Waals surface area contributed by atoms with E-state index in [0.717, 1.165) is 36.2 Å². The molecule has 0 spiro atoms. The largest absolute Gasteiger partial charge is 0.456 e. The number of nitrogens with zero attached hydrogens (tertiary/aromatic N) is 4. The van der Waals surface area contributed by atoms with E-state index in [0.29, 0.717) is 71.8 Å². The number of carbonyl (C=O) groups is 3. The molecule has 55 heavy (non-hydrogen) atoms. The highest BCUT2D eigenvalue weighted by Crippen LogP contribution is 2.33. The molecule has 4 aliphatic rings. The molecule has 0 saturated carbocycles. The molecule has 2 aromatic carbocycles. The van der Waals surface area contributed by atoms with Crippen LogP contribution in [0.3, 0.4) is 0 Å². The van der Waals surface area contributed by atoms with Gasteiger partial charge in [-0.25, -0.2) is 4.79 Å². The minimum Gasteiger partial charge on any atom is -0.456 e. The summed E-state index contributed by atoms with van der Waals surface area (Å²) in [6, 6.07) is 7.20. The lowest BCUT2D eigenvalue weighted by atomic mass is 10.0. The molecular formula is C39H48ClN7O8. The number of methoxy groups -OCH3 is 3. The van der Waals surface area contributed by atoms with Crippen LogP contribution in [0, 0.1) is 0 Å². The Balaban J connectivity index is 1.06. The van der Waals surface area contributed by atoms with E-state index in [1.165, 1.54) is 14.2 Å². The van der Waals surface area contributed by atoms with Crippen LogP contribution in [0.1, 0.15) is 69.2 Å². The summed E-state index contributed by atoms with van der Waals surface area (Å²) in [5.74, 6) is 1.23. The van der Waals surface area contributed by atoms with Crippen molar-refractivity contribution in [3.8, 4) is 0 Å². The molecule has 0 aliphatic carbocycles. The van der Waals surface area contributed by atoms with E-state index in [9.17, 15) is 19.2 Å². The van der Waals surface area contributed by atoms with Crippen LogP contribution in [0.15, 0.2) is 49.5 Å². The number of benzene rings is 2. The second-order valence-electron chi connectivity index (χ2n) is 14.6. The quantitative estimate of drug-likeness (QED) is 0.243. The summed E-state index contributed by atoms with van der Waals surface area (Å²) in [5, 5.41) is 10.8. The summed E-state index contributed by atoms with van der Waals surface area (Å²) >= 11 is 6.85. The number of ether oxygens (including phenoxy) is 3. The molecule has 5 heterocycles. The van der Waals surface area contributed by atoms with Gasteiger partial charge in [0, 0.05) is 32.3 Å². The second-order valence-corrected chi connectivity index (χ2v) is 15.0. The minimum absolute atomic E-state index is 0.0481. The summed E-state index contributed by atoms with van der Waals surface area (Å²) in [6.07, 6.45) is 2.08. The maximum Gasteiger partial charge on any atom is 0.407 e. The van der Waals surface area contributed by atoms with Crippen molar-refractivity contribution in [1.29, 1.82) is 0 Å². The fourth-order valence-electron chi connectivity index (χ4n) is 8.07. The zero-order chi connectivity index (χ0) is 39.0. The first-order valence-electron chi connectivity index (χ1n) is 18.8. The lowest BCUT2D eigenvalue weighted by molar-refractivity contribution is -0.136. The SMILES string of the molecule is COC(=O)N[C@H](C(=O)N1CCC[C@H]1C1=NCC(c2ccc3oc4cc(C5CN=C([C@@H]6CCCN6C(=O)C[C@@H](C)OC)N5)c(Cl)cc4c(=O)c3c2)N1)[C@@H](C)OC. The molecule has 3 amide bonds. The Kier molecular flexibility index (Phi) is 11.3. The average molecular weight is 778 g/mol. The summed E-state index contributed by atoms with van der Waals surface area (Å²) in [4.78, 5) is 65.9. The van der Waals surface area contributed by atoms with Gasteiger partial charge in [0.25, 0.3) is 0 Å². The number of nitrogens with one attached hydrogen (secondary N) is 3. The van der Waals surface area contributed by atoms with Crippen LogP contribution in [0.4, 0.5) is 4.79 Å². The molecule has 15 nitrogen and oxygen atoms in total. The Morgan fingerprint density at radius 1 is 0.909 bits per heavy atom. The number of hydrogen-bond donors (Lipinski definition) is 3. The average Bonchev–Trinajstić information content (AvgIpc) is 4.03. The van der Waals surface area contributed by atoms with E-state index >= 15 is 0 Å². The number of alkyl carbamates (subject to hydrolysis) is 1. The smallest absolute Gasteiger partial charge is 0.407 e. The Bertz CT molecular complexity index is 2110. The maximum absolute atomic E-state index is 14.0. The molecule has 3 aromatic rings. The van der Waals surface area contributed by atoms with Crippen LogP contribution in [-0.4, -0.2) is 117 Å². The van der Waals surface area contributed by atoms with Gasteiger partial charge >= 0.3 is 6.09 Å². The van der Waals surface area contributed by atoms with Crippen LogP contribution in [0.25, 0.3) is 21.9 Å². The fourth-order valence-corrected chi connectivity index (χ4v) is 8.37. The first-order valence-corrected chi connectivity index (χ1v) is 19.2. The van der Waals surface area contributed by atoms with Crippen LogP contribution in [-0.2, 0) is 23.8 Å². The van der Waals surface area contributed by atoms with E-state index in [-0.39, 0.29) is 47.5 Å². The third kappa shape index (κ3) is 7.61. The van der Waals surface area contributed by atoms with Crippen molar-refractivity contribution in [3.63, 3.8) is 0 Å². The van der Waals surface area contributed by atoms with Crippen molar-refractivity contribution >= 4 is 63.1 Å². The zero-order valence-corrected chi connectivity index (χ0v) is 32.5. The van der Waals surface area contributed by atoms with Gasteiger partial charge in [0.15, 0.2) is 0 Å². The highest BCUT2D eigenvalue weighted by atomic mass is 35.5. The molecule has 4 aliphatic heterocycles. The lowest BCUT2D eigenvalue weighted by Crippen LogP contribution is -2.57. The van der Waals surface area contributed by atoms with Gasteiger partial charge in [-0.05, 0) is 74.9 Å². The lowest BCUT2D eigenvalue weighted by Gasteiger charge is -2.31. The third-order valence-corrected chi connectivity index (χ3v) is 11.6. The number of hydrogen-bond acceptors (Lipinski definition) is 12. The third-order valence-electron chi connectivity index (χ3n) is 11.3. The molecule has 0 radical (unpaired) electrons. The molecule has 16 heteroatoms. The molecule has 7 rings (SSSR count). The van der Waals surface area contributed by atoms with E-state index < -0.39 is 18.2 Å². The molecule has 2 unspecified atom stereocenters. The summed E-state index contributed by atoms with van der Waals surface area (Å²) in [5.41, 5.74) is 2.28. The normalized spacial score (nSPS) is 24.0. The van der Waals surface area contributed by atoms with Gasteiger partial charge in [-0.1, -0.05) is 17.7 Å². The van der Waals surface area contributed by atoms with Crippen molar-refractivity contribution < 1.29 is 33.0 Å². The Morgan fingerprint density at radius 2 is 1.56 bits per heavy atom. The van der Waals surface area contributed by atoms with E-state index in [1.807, 2.05) is 30.0 Å². The van der Waals surface area contributed by atoms with Crippen LogP contribution in [0.2, 0.25) is 5.02 Å². The number of carbonyl (C=O) groups excluding carboxylic acids is 3. The molecule has 3 N–H and O–H groups in total. The number of amides is 3. The van der Waals surface area contributed by atoms with E-state index in [1.54, 1.807) is 31.1 Å². The molecule has 0 bridgehead atoms.